The van der Waals surface area contributed by atoms with Crippen molar-refractivity contribution in [2.24, 2.45) is 0 Å². The lowest BCUT2D eigenvalue weighted by Gasteiger charge is -2.16. The first kappa shape index (κ1) is 21.9. The molecule has 11 heteroatoms. The number of nitrogens with zero attached hydrogens (tertiary/aromatic N) is 2. The number of carbonyl (C=O) groups is 3. The second-order valence-corrected chi connectivity index (χ2v) is 9.88. The normalized spacial score (nSPS) is 13.7. The van der Waals surface area contributed by atoms with E-state index in [9.17, 15) is 22.8 Å². The number of anilines is 1. The molecule has 0 bridgehead atoms. The quantitative estimate of drug-likeness (QED) is 0.628. The van der Waals surface area contributed by atoms with Crippen LogP contribution in [0.15, 0.2) is 34.5 Å². The molecule has 1 aliphatic rings. The number of fused-ring (bicyclic) bond motifs is 1. The number of sulfonamides is 1. The van der Waals surface area contributed by atoms with Gasteiger partial charge in [-0.05, 0) is 30.3 Å². The van der Waals surface area contributed by atoms with E-state index in [2.05, 4.69) is 10.6 Å². The van der Waals surface area contributed by atoms with Gasteiger partial charge in [0.15, 0.2) is 0 Å². The number of benzene rings is 1. The molecule has 0 radical (unpaired) electrons. The van der Waals surface area contributed by atoms with Crippen LogP contribution in [0.5, 0.6) is 0 Å². The number of hydrogen-bond donors (Lipinski definition) is 2. The van der Waals surface area contributed by atoms with Crippen LogP contribution in [0, 0.1) is 0 Å². The van der Waals surface area contributed by atoms with Gasteiger partial charge in [-0.25, -0.2) is 13.2 Å². The van der Waals surface area contributed by atoms with Crippen molar-refractivity contribution in [3.05, 3.63) is 46.3 Å². The van der Waals surface area contributed by atoms with Crippen molar-refractivity contribution in [1.82, 2.24) is 14.5 Å². The van der Waals surface area contributed by atoms with Gasteiger partial charge >= 0.3 is 6.03 Å². The van der Waals surface area contributed by atoms with Crippen molar-refractivity contribution in [2.45, 2.75) is 24.6 Å². The van der Waals surface area contributed by atoms with Gasteiger partial charge in [-0.2, -0.15) is 4.31 Å². The van der Waals surface area contributed by atoms with E-state index in [1.54, 1.807) is 26.0 Å². The van der Waals surface area contributed by atoms with Crippen molar-refractivity contribution >= 4 is 44.9 Å². The maximum absolute atomic E-state index is 12.5. The molecule has 0 spiro atoms. The third kappa shape index (κ3) is 4.09. The predicted octanol–water partition coefficient (Wildman–Crippen LogP) is 2.33. The Morgan fingerprint density at radius 3 is 2.40 bits per heavy atom. The molecule has 9 nitrogen and oxygen atoms in total. The van der Waals surface area contributed by atoms with Gasteiger partial charge in [0.25, 0.3) is 21.8 Å². The molecule has 160 valence electrons. The highest BCUT2D eigenvalue weighted by Gasteiger charge is 2.32. The molecule has 0 fully saturated rings. The molecular weight excluding hydrogens is 428 g/mol. The Bertz CT molecular complexity index is 1110. The molecule has 0 aliphatic carbocycles. The maximum Gasteiger partial charge on any atom is 0.319 e. The molecular formula is C19H22N4O5S2. The maximum atomic E-state index is 12.5. The summed E-state index contributed by atoms with van der Waals surface area (Å²) in [6, 6.07) is 7.19. The fraction of sp³-hybridized carbons (Fsp3) is 0.316. The fourth-order valence-electron chi connectivity index (χ4n) is 3.06. The monoisotopic (exact) mass is 450 g/mol. The SMILES string of the molecule is CCN(CC)S(=O)(=O)c1ccc(CNC(=O)Nc2ccc3c(c2)C(=O)N(C)C3=O)s1. The lowest BCUT2D eigenvalue weighted by Crippen LogP contribution is -2.30. The van der Waals surface area contributed by atoms with Gasteiger partial charge in [-0.3, -0.25) is 14.5 Å². The van der Waals surface area contributed by atoms with Gasteiger partial charge in [-0.1, -0.05) is 13.8 Å². The fourth-order valence-corrected chi connectivity index (χ4v) is 5.97. The summed E-state index contributed by atoms with van der Waals surface area (Å²) in [5, 5.41) is 5.27. The van der Waals surface area contributed by atoms with Crippen molar-refractivity contribution < 1.29 is 22.8 Å². The number of imide groups is 1. The van der Waals surface area contributed by atoms with Gasteiger partial charge in [0.05, 0.1) is 17.7 Å². The standard InChI is InChI=1S/C19H22N4O5S2/c1-4-23(5-2)30(27,28)16-9-7-13(29-16)11-20-19(26)21-12-6-8-14-15(10-12)18(25)22(3)17(14)24/h6-10H,4-5,11H2,1-3H3,(H2,20,21,26). The summed E-state index contributed by atoms with van der Waals surface area (Å²) in [4.78, 5) is 37.9. The summed E-state index contributed by atoms with van der Waals surface area (Å²) in [5.74, 6) is -0.793. The summed E-state index contributed by atoms with van der Waals surface area (Å²) in [7, 11) is -2.12. The van der Waals surface area contributed by atoms with E-state index in [1.165, 1.54) is 29.6 Å². The molecule has 0 unspecified atom stereocenters. The molecule has 30 heavy (non-hydrogen) atoms. The molecule has 2 heterocycles. The summed E-state index contributed by atoms with van der Waals surface area (Å²) in [5.41, 5.74) is 0.914. The Kier molecular flexibility index (Phi) is 6.25. The van der Waals surface area contributed by atoms with Crippen LogP contribution in [0.4, 0.5) is 10.5 Å². The zero-order chi connectivity index (χ0) is 22.1. The number of hydrogen-bond acceptors (Lipinski definition) is 6. The predicted molar refractivity (Wildman–Crippen MR) is 113 cm³/mol. The molecule has 1 aliphatic heterocycles. The van der Waals surface area contributed by atoms with E-state index in [4.69, 9.17) is 0 Å². The molecule has 0 saturated carbocycles. The number of thiophene rings is 1. The molecule has 0 atom stereocenters. The summed E-state index contributed by atoms with van der Waals surface area (Å²) in [6.07, 6.45) is 0. The van der Waals surface area contributed by atoms with E-state index >= 15 is 0 Å². The highest BCUT2D eigenvalue weighted by Crippen LogP contribution is 2.26. The van der Waals surface area contributed by atoms with Crippen LogP contribution in [0.1, 0.15) is 39.4 Å². The second kappa shape index (κ2) is 8.54. The van der Waals surface area contributed by atoms with E-state index < -0.39 is 22.0 Å². The third-order valence-corrected chi connectivity index (χ3v) is 8.31. The highest BCUT2D eigenvalue weighted by atomic mass is 32.2. The van der Waals surface area contributed by atoms with Gasteiger partial charge in [0.1, 0.15) is 4.21 Å². The number of amides is 4. The van der Waals surface area contributed by atoms with Gasteiger partial charge in [0.2, 0.25) is 0 Å². The molecule has 2 aromatic rings. The van der Waals surface area contributed by atoms with Crippen LogP contribution in [-0.2, 0) is 16.6 Å². The Balaban J connectivity index is 1.62. The molecule has 0 saturated heterocycles. The topological polar surface area (TPSA) is 116 Å². The Morgan fingerprint density at radius 2 is 1.73 bits per heavy atom. The van der Waals surface area contributed by atoms with Crippen molar-refractivity contribution in [2.75, 3.05) is 25.5 Å². The van der Waals surface area contributed by atoms with Crippen LogP contribution in [-0.4, -0.2) is 55.6 Å². The van der Waals surface area contributed by atoms with Gasteiger partial charge < -0.3 is 10.6 Å². The average molecular weight is 451 g/mol. The molecule has 1 aromatic heterocycles. The Hall–Kier alpha value is -2.76. The minimum atomic E-state index is -3.53. The van der Waals surface area contributed by atoms with Crippen molar-refractivity contribution in [1.29, 1.82) is 0 Å². The second-order valence-electron chi connectivity index (χ2n) is 6.55. The molecule has 1 aromatic carbocycles. The highest BCUT2D eigenvalue weighted by molar-refractivity contribution is 7.91. The summed E-state index contributed by atoms with van der Waals surface area (Å²) in [6.45, 7) is 4.48. The summed E-state index contributed by atoms with van der Waals surface area (Å²) < 4.78 is 26.7. The summed E-state index contributed by atoms with van der Waals surface area (Å²) >= 11 is 1.10. The Morgan fingerprint density at radius 1 is 1.07 bits per heavy atom. The molecule has 3 rings (SSSR count). The minimum absolute atomic E-state index is 0.148. The number of rotatable bonds is 7. The van der Waals surface area contributed by atoms with Crippen molar-refractivity contribution in [3.8, 4) is 0 Å². The number of carbonyl (C=O) groups excluding carboxylic acids is 3. The first-order valence-electron chi connectivity index (χ1n) is 9.29. The molecule has 2 N–H and O–H groups in total. The van der Waals surface area contributed by atoms with E-state index in [0.29, 0.717) is 29.2 Å². The average Bonchev–Trinajstić information content (AvgIpc) is 3.28. The molecule has 4 amide bonds. The number of nitrogens with one attached hydrogen (secondary N) is 2. The van der Waals surface area contributed by atoms with Gasteiger partial charge in [0, 0.05) is 30.7 Å². The van der Waals surface area contributed by atoms with Crippen LogP contribution in [0.2, 0.25) is 0 Å². The van der Waals surface area contributed by atoms with Crippen molar-refractivity contribution in [3.63, 3.8) is 0 Å². The van der Waals surface area contributed by atoms with E-state index in [-0.39, 0.29) is 22.2 Å². The smallest absolute Gasteiger partial charge is 0.319 e. The lowest BCUT2D eigenvalue weighted by molar-refractivity contribution is 0.0693. The van der Waals surface area contributed by atoms with Crippen LogP contribution < -0.4 is 10.6 Å². The zero-order valence-electron chi connectivity index (χ0n) is 16.8. The van der Waals surface area contributed by atoms with Crippen LogP contribution >= 0.6 is 11.3 Å². The third-order valence-electron chi connectivity index (χ3n) is 4.71. The van der Waals surface area contributed by atoms with Gasteiger partial charge in [-0.15, -0.1) is 11.3 Å². The zero-order valence-corrected chi connectivity index (χ0v) is 18.4. The largest absolute Gasteiger partial charge is 0.333 e. The number of urea groups is 1. The van der Waals surface area contributed by atoms with Crippen LogP contribution in [0.3, 0.4) is 0 Å². The van der Waals surface area contributed by atoms with Crippen LogP contribution in [0.25, 0.3) is 0 Å². The minimum Gasteiger partial charge on any atom is -0.333 e. The Labute approximate surface area is 178 Å². The first-order valence-corrected chi connectivity index (χ1v) is 11.5. The van der Waals surface area contributed by atoms with E-state index in [0.717, 1.165) is 16.2 Å². The van der Waals surface area contributed by atoms with E-state index in [1.807, 2.05) is 0 Å². The first-order chi connectivity index (χ1) is 14.2. The lowest BCUT2D eigenvalue weighted by atomic mass is 10.1.